The van der Waals surface area contributed by atoms with Crippen LogP contribution in [0.2, 0.25) is 0 Å². The van der Waals surface area contributed by atoms with E-state index in [2.05, 4.69) is 191 Å². The third-order valence-electron chi connectivity index (χ3n) is 10.4. The van der Waals surface area contributed by atoms with Crippen molar-refractivity contribution in [3.8, 4) is 16.8 Å². The van der Waals surface area contributed by atoms with Crippen LogP contribution < -0.4 is 4.90 Å². The molecule has 0 amide bonds. The van der Waals surface area contributed by atoms with Gasteiger partial charge in [-0.3, -0.25) is 0 Å². The predicted octanol–water partition coefficient (Wildman–Crippen LogP) is 14.7. The van der Waals surface area contributed by atoms with Gasteiger partial charge in [0.15, 0.2) is 0 Å². The normalized spacial score (nSPS) is 11.8. The quantitative estimate of drug-likeness (QED) is 0.174. The first kappa shape index (κ1) is 29.5. The molecule has 0 aliphatic heterocycles. The molecule has 0 spiro atoms. The van der Waals surface area contributed by atoms with Crippen LogP contribution in [0.15, 0.2) is 182 Å². The van der Waals surface area contributed by atoms with Crippen molar-refractivity contribution in [2.75, 3.05) is 4.90 Å². The summed E-state index contributed by atoms with van der Waals surface area (Å²) in [6.45, 7) is 0. The highest BCUT2D eigenvalue weighted by molar-refractivity contribution is 7.26. The lowest BCUT2D eigenvalue weighted by molar-refractivity contribution is 1.18. The van der Waals surface area contributed by atoms with Gasteiger partial charge in [-0.1, -0.05) is 109 Å². The van der Waals surface area contributed by atoms with Gasteiger partial charge in [0.25, 0.3) is 0 Å². The van der Waals surface area contributed by atoms with Crippen molar-refractivity contribution in [1.29, 1.82) is 0 Å². The van der Waals surface area contributed by atoms with Crippen LogP contribution in [-0.2, 0) is 0 Å². The molecule has 11 aromatic rings. The van der Waals surface area contributed by atoms with Crippen LogP contribution >= 0.6 is 22.7 Å². The smallest absolute Gasteiger partial charge is 0.0640 e. The zero-order valence-electron chi connectivity index (χ0n) is 28.0. The molecule has 0 saturated carbocycles. The number of rotatable bonds is 5. The van der Waals surface area contributed by atoms with E-state index >= 15 is 0 Å². The standard InChI is InChI=1S/C48H30N2S2/c1-2-11-33(12-3-1)50-42-17-7-4-13-36(42)37-27-26-35(30-44(37)50)49(43-18-10-16-40-38-14-5-9-20-46(38)52-48(40)43)34-24-21-31(22-25-34)32-23-28-47-41(29-32)39-15-6-8-19-45(39)51-47/h1-30H. The van der Waals surface area contributed by atoms with Crippen molar-refractivity contribution < 1.29 is 0 Å². The van der Waals surface area contributed by atoms with Gasteiger partial charge in [-0.2, -0.15) is 0 Å². The van der Waals surface area contributed by atoms with Gasteiger partial charge in [0.1, 0.15) is 0 Å². The van der Waals surface area contributed by atoms with E-state index < -0.39 is 0 Å². The Bertz CT molecular complexity index is 3130. The van der Waals surface area contributed by atoms with Crippen molar-refractivity contribution in [2.24, 2.45) is 0 Å². The number of fused-ring (bicyclic) bond motifs is 9. The molecule has 0 N–H and O–H groups in total. The summed E-state index contributed by atoms with van der Waals surface area (Å²) in [6, 6.07) is 66.7. The fraction of sp³-hybridized carbons (Fsp3) is 0. The predicted molar refractivity (Wildman–Crippen MR) is 227 cm³/mol. The summed E-state index contributed by atoms with van der Waals surface area (Å²) >= 11 is 3.73. The highest BCUT2D eigenvalue weighted by Gasteiger charge is 2.21. The van der Waals surface area contributed by atoms with Gasteiger partial charge in [0, 0.05) is 63.5 Å². The molecule has 3 aromatic heterocycles. The molecule has 52 heavy (non-hydrogen) atoms. The average Bonchev–Trinajstić information content (AvgIpc) is 3.88. The Balaban J connectivity index is 1.12. The molecule has 8 aromatic carbocycles. The van der Waals surface area contributed by atoms with Crippen LogP contribution in [0, 0.1) is 0 Å². The molecule has 0 fully saturated rings. The number of thiophene rings is 2. The Morgan fingerprint density at radius 1 is 0.365 bits per heavy atom. The molecule has 4 heteroatoms. The molecule has 0 radical (unpaired) electrons. The van der Waals surface area contributed by atoms with Crippen molar-refractivity contribution in [3.05, 3.63) is 182 Å². The zero-order valence-corrected chi connectivity index (χ0v) is 29.7. The maximum atomic E-state index is 2.45. The van der Waals surface area contributed by atoms with Crippen LogP contribution in [0.3, 0.4) is 0 Å². The molecule has 3 heterocycles. The van der Waals surface area contributed by atoms with E-state index in [-0.39, 0.29) is 0 Å². The van der Waals surface area contributed by atoms with E-state index in [4.69, 9.17) is 0 Å². The molecule has 244 valence electrons. The number of nitrogens with zero attached hydrogens (tertiary/aromatic N) is 2. The minimum Gasteiger partial charge on any atom is -0.309 e. The first-order valence-corrected chi connectivity index (χ1v) is 19.2. The largest absolute Gasteiger partial charge is 0.309 e. The van der Waals surface area contributed by atoms with Gasteiger partial charge in [0.05, 0.1) is 21.4 Å². The number of para-hydroxylation sites is 2. The topological polar surface area (TPSA) is 8.17 Å². The molecular weight excluding hydrogens is 669 g/mol. The minimum absolute atomic E-state index is 1.12. The number of anilines is 3. The Kier molecular flexibility index (Phi) is 6.63. The number of hydrogen-bond acceptors (Lipinski definition) is 3. The summed E-state index contributed by atoms with van der Waals surface area (Å²) in [6.07, 6.45) is 0. The lowest BCUT2D eigenvalue weighted by Crippen LogP contribution is -2.10. The third-order valence-corrected chi connectivity index (χ3v) is 12.8. The van der Waals surface area contributed by atoms with Crippen molar-refractivity contribution in [2.45, 2.75) is 0 Å². The Hall–Kier alpha value is -6.20. The van der Waals surface area contributed by atoms with Crippen LogP contribution in [0.1, 0.15) is 0 Å². The van der Waals surface area contributed by atoms with Gasteiger partial charge in [-0.25, -0.2) is 0 Å². The van der Waals surface area contributed by atoms with E-state index in [0.29, 0.717) is 0 Å². The first-order chi connectivity index (χ1) is 25.8. The van der Waals surface area contributed by atoms with E-state index in [1.54, 1.807) is 0 Å². The second kappa shape index (κ2) is 11.7. The van der Waals surface area contributed by atoms with Gasteiger partial charge in [-0.15, -0.1) is 22.7 Å². The van der Waals surface area contributed by atoms with Crippen LogP contribution in [0.5, 0.6) is 0 Å². The lowest BCUT2D eigenvalue weighted by Gasteiger charge is -2.26. The maximum absolute atomic E-state index is 2.45. The minimum atomic E-state index is 1.12. The Morgan fingerprint density at radius 2 is 0.981 bits per heavy atom. The number of aromatic nitrogens is 1. The second-order valence-corrected chi connectivity index (χ2v) is 15.5. The van der Waals surface area contributed by atoms with E-state index in [1.165, 1.54) is 79.0 Å². The molecule has 0 atom stereocenters. The highest BCUT2D eigenvalue weighted by atomic mass is 32.1. The second-order valence-electron chi connectivity index (χ2n) is 13.3. The molecule has 0 aliphatic rings. The molecule has 0 aliphatic carbocycles. The molecule has 0 bridgehead atoms. The maximum Gasteiger partial charge on any atom is 0.0640 e. The molecule has 0 saturated heterocycles. The van der Waals surface area contributed by atoms with Crippen LogP contribution in [-0.4, -0.2) is 4.57 Å². The zero-order chi connectivity index (χ0) is 34.2. The summed E-state index contributed by atoms with van der Waals surface area (Å²) in [5.41, 5.74) is 9.41. The fourth-order valence-corrected chi connectivity index (χ4v) is 10.3. The molecule has 0 unspecified atom stereocenters. The number of benzene rings is 8. The summed E-state index contributed by atoms with van der Waals surface area (Å²) in [4.78, 5) is 2.45. The third kappa shape index (κ3) is 4.55. The fourth-order valence-electron chi connectivity index (χ4n) is 8.00. The van der Waals surface area contributed by atoms with Crippen LogP contribution in [0.25, 0.3) is 79.0 Å². The van der Waals surface area contributed by atoms with E-state index in [0.717, 1.165) is 17.1 Å². The Labute approximate surface area is 308 Å². The highest BCUT2D eigenvalue weighted by Crippen LogP contribution is 2.46. The molecule has 2 nitrogen and oxygen atoms in total. The van der Waals surface area contributed by atoms with Crippen molar-refractivity contribution >= 4 is 102 Å². The SMILES string of the molecule is c1ccc(-n2c3ccccc3c3ccc(N(c4ccc(-c5ccc6sc7ccccc7c6c5)cc4)c4cccc5c4sc4ccccc45)cc32)cc1. The van der Waals surface area contributed by atoms with Gasteiger partial charge < -0.3 is 9.47 Å². The van der Waals surface area contributed by atoms with Crippen molar-refractivity contribution in [1.82, 2.24) is 4.57 Å². The first-order valence-electron chi connectivity index (χ1n) is 17.6. The summed E-state index contributed by atoms with van der Waals surface area (Å²) in [7, 11) is 0. The summed E-state index contributed by atoms with van der Waals surface area (Å²) in [5, 5.41) is 7.74. The van der Waals surface area contributed by atoms with Crippen molar-refractivity contribution in [3.63, 3.8) is 0 Å². The summed E-state index contributed by atoms with van der Waals surface area (Å²) in [5.74, 6) is 0. The van der Waals surface area contributed by atoms with Gasteiger partial charge in [-0.05, 0) is 83.9 Å². The molecule has 11 rings (SSSR count). The van der Waals surface area contributed by atoms with E-state index in [1.807, 2.05) is 22.7 Å². The van der Waals surface area contributed by atoms with Gasteiger partial charge in [0.2, 0.25) is 0 Å². The number of hydrogen-bond donors (Lipinski definition) is 0. The average molecular weight is 699 g/mol. The van der Waals surface area contributed by atoms with Gasteiger partial charge >= 0.3 is 0 Å². The summed E-state index contributed by atoms with van der Waals surface area (Å²) < 4.78 is 7.65. The monoisotopic (exact) mass is 698 g/mol. The molecular formula is C48H30N2S2. The van der Waals surface area contributed by atoms with Crippen LogP contribution in [0.4, 0.5) is 17.1 Å². The van der Waals surface area contributed by atoms with E-state index in [9.17, 15) is 0 Å². The lowest BCUT2D eigenvalue weighted by atomic mass is 10.0. The Morgan fingerprint density at radius 3 is 1.81 bits per heavy atom.